The lowest BCUT2D eigenvalue weighted by atomic mass is 10.2. The van der Waals surface area contributed by atoms with Crippen LogP contribution < -0.4 is 15.2 Å². The van der Waals surface area contributed by atoms with Gasteiger partial charge < -0.3 is 15.2 Å². The fourth-order valence-corrected chi connectivity index (χ4v) is 1.93. The summed E-state index contributed by atoms with van der Waals surface area (Å²) in [7, 11) is 1.62. The van der Waals surface area contributed by atoms with Gasteiger partial charge >= 0.3 is 0 Å². The molecule has 0 saturated carbocycles. The number of hydrogen-bond donors (Lipinski definition) is 1. The lowest BCUT2D eigenvalue weighted by Crippen LogP contribution is -1.94. The number of benzene rings is 2. The van der Waals surface area contributed by atoms with Crippen molar-refractivity contribution in [3.05, 3.63) is 46.5 Å². The number of methoxy groups -OCH3 is 1. The molecule has 19 heavy (non-hydrogen) atoms. The van der Waals surface area contributed by atoms with Crippen LogP contribution in [0.4, 0.5) is 5.69 Å². The van der Waals surface area contributed by atoms with Crippen molar-refractivity contribution < 1.29 is 9.47 Å². The van der Waals surface area contributed by atoms with Crippen molar-refractivity contribution in [3.63, 3.8) is 0 Å². The number of ether oxygens (including phenoxy) is 2. The molecule has 0 fully saturated rings. The van der Waals surface area contributed by atoms with Gasteiger partial charge in [0.2, 0.25) is 0 Å². The zero-order chi connectivity index (χ0) is 14.0. The molecule has 0 aliphatic rings. The smallest absolute Gasteiger partial charge is 0.169 e. The number of rotatable bonds is 3. The highest BCUT2D eigenvalue weighted by atomic mass is 35.5. The number of aryl methyl sites for hydroxylation is 2. The molecule has 0 saturated heterocycles. The molecule has 0 radical (unpaired) electrons. The van der Waals surface area contributed by atoms with E-state index in [1.54, 1.807) is 19.2 Å². The maximum atomic E-state index is 6.01. The molecule has 2 N–H and O–H groups in total. The first-order valence-electron chi connectivity index (χ1n) is 5.89. The van der Waals surface area contributed by atoms with E-state index in [1.807, 2.05) is 32.0 Å². The first-order chi connectivity index (χ1) is 9.01. The average molecular weight is 278 g/mol. The van der Waals surface area contributed by atoms with Crippen LogP contribution in [0, 0.1) is 13.8 Å². The lowest BCUT2D eigenvalue weighted by Gasteiger charge is -2.13. The van der Waals surface area contributed by atoms with Gasteiger partial charge in [0.1, 0.15) is 5.75 Å². The maximum absolute atomic E-state index is 6.01. The van der Waals surface area contributed by atoms with E-state index < -0.39 is 0 Å². The standard InChI is InChI=1S/C15H16ClNO2/c1-9-4-5-13(15(6-9)18-3)19-14-8-11(16)12(17)7-10(14)2/h4-8H,17H2,1-3H3. The number of anilines is 1. The Labute approximate surface area is 117 Å². The van der Waals surface area contributed by atoms with Crippen LogP contribution in [0.15, 0.2) is 30.3 Å². The highest BCUT2D eigenvalue weighted by Gasteiger charge is 2.09. The molecule has 3 nitrogen and oxygen atoms in total. The second-order valence-electron chi connectivity index (χ2n) is 4.40. The molecule has 0 heterocycles. The minimum Gasteiger partial charge on any atom is -0.493 e. The minimum atomic E-state index is 0.478. The molecule has 4 heteroatoms. The topological polar surface area (TPSA) is 44.5 Å². The number of nitrogen functional groups attached to an aromatic ring is 1. The molecule has 2 aromatic carbocycles. The van der Waals surface area contributed by atoms with E-state index >= 15 is 0 Å². The van der Waals surface area contributed by atoms with Crippen molar-refractivity contribution in [2.75, 3.05) is 12.8 Å². The van der Waals surface area contributed by atoms with E-state index in [-0.39, 0.29) is 0 Å². The van der Waals surface area contributed by atoms with Gasteiger partial charge in [-0.2, -0.15) is 0 Å². The van der Waals surface area contributed by atoms with Gasteiger partial charge in [0.05, 0.1) is 17.8 Å². The van der Waals surface area contributed by atoms with Gasteiger partial charge in [0.25, 0.3) is 0 Å². The van der Waals surface area contributed by atoms with Crippen LogP contribution in [0.25, 0.3) is 0 Å². The Bertz CT molecular complexity index is 611. The lowest BCUT2D eigenvalue weighted by molar-refractivity contribution is 0.378. The Balaban J connectivity index is 2.39. The van der Waals surface area contributed by atoms with Crippen LogP contribution in [0.3, 0.4) is 0 Å². The summed E-state index contributed by atoms with van der Waals surface area (Å²) in [5.74, 6) is 2.01. The molecule has 0 bridgehead atoms. The van der Waals surface area contributed by atoms with Crippen molar-refractivity contribution in [2.45, 2.75) is 13.8 Å². The molecular weight excluding hydrogens is 262 g/mol. The number of nitrogens with two attached hydrogens (primary N) is 1. The summed E-state index contributed by atoms with van der Waals surface area (Å²) < 4.78 is 11.2. The molecule has 2 rings (SSSR count). The van der Waals surface area contributed by atoms with E-state index in [4.69, 9.17) is 26.8 Å². The highest BCUT2D eigenvalue weighted by molar-refractivity contribution is 6.33. The third kappa shape index (κ3) is 2.93. The summed E-state index contributed by atoms with van der Waals surface area (Å²) in [6.45, 7) is 3.92. The molecule has 0 atom stereocenters. The molecular formula is C15H16ClNO2. The molecule has 0 aliphatic carbocycles. The highest BCUT2D eigenvalue weighted by Crippen LogP contribution is 2.36. The normalized spacial score (nSPS) is 10.3. The van der Waals surface area contributed by atoms with Crippen molar-refractivity contribution in [2.24, 2.45) is 0 Å². The van der Waals surface area contributed by atoms with E-state index in [9.17, 15) is 0 Å². The molecule has 0 unspecified atom stereocenters. The van der Waals surface area contributed by atoms with Crippen LogP contribution in [0.1, 0.15) is 11.1 Å². The molecule has 2 aromatic rings. The Morgan fingerprint density at radius 1 is 1.00 bits per heavy atom. The Hall–Kier alpha value is -1.87. The molecule has 0 aliphatic heterocycles. The van der Waals surface area contributed by atoms with Gasteiger partial charge in [-0.3, -0.25) is 0 Å². The monoisotopic (exact) mass is 277 g/mol. The summed E-state index contributed by atoms with van der Waals surface area (Å²) in [4.78, 5) is 0. The fourth-order valence-electron chi connectivity index (χ4n) is 1.77. The summed E-state index contributed by atoms with van der Waals surface area (Å²) >= 11 is 6.01. The molecule has 0 amide bonds. The van der Waals surface area contributed by atoms with Crippen LogP contribution in [-0.4, -0.2) is 7.11 Å². The van der Waals surface area contributed by atoms with Gasteiger partial charge in [0.15, 0.2) is 11.5 Å². The molecule has 100 valence electrons. The molecule has 0 spiro atoms. The fraction of sp³-hybridized carbons (Fsp3) is 0.200. The second-order valence-corrected chi connectivity index (χ2v) is 4.80. The van der Waals surface area contributed by atoms with E-state index in [2.05, 4.69) is 0 Å². The van der Waals surface area contributed by atoms with Crippen molar-refractivity contribution in [1.82, 2.24) is 0 Å². The van der Waals surface area contributed by atoms with Gasteiger partial charge in [0, 0.05) is 6.07 Å². The van der Waals surface area contributed by atoms with Crippen LogP contribution in [0.2, 0.25) is 5.02 Å². The quantitative estimate of drug-likeness (QED) is 0.849. The average Bonchev–Trinajstić information content (AvgIpc) is 2.37. The SMILES string of the molecule is COc1cc(C)ccc1Oc1cc(Cl)c(N)cc1C. The predicted molar refractivity (Wildman–Crippen MR) is 78.4 cm³/mol. The van der Waals surface area contributed by atoms with Gasteiger partial charge in [-0.05, 0) is 43.2 Å². The third-order valence-electron chi connectivity index (χ3n) is 2.83. The Morgan fingerprint density at radius 3 is 2.42 bits per heavy atom. The van der Waals surface area contributed by atoms with Crippen molar-refractivity contribution in [1.29, 1.82) is 0 Å². The zero-order valence-electron chi connectivity index (χ0n) is 11.2. The maximum Gasteiger partial charge on any atom is 0.169 e. The van der Waals surface area contributed by atoms with Crippen LogP contribution in [0.5, 0.6) is 17.2 Å². The van der Waals surface area contributed by atoms with Gasteiger partial charge in [-0.15, -0.1) is 0 Å². The van der Waals surface area contributed by atoms with Crippen LogP contribution in [-0.2, 0) is 0 Å². The van der Waals surface area contributed by atoms with Crippen molar-refractivity contribution >= 4 is 17.3 Å². The van der Waals surface area contributed by atoms with E-state index in [0.717, 1.165) is 11.1 Å². The second kappa shape index (κ2) is 5.41. The van der Waals surface area contributed by atoms with E-state index in [1.165, 1.54) is 0 Å². The van der Waals surface area contributed by atoms with Gasteiger partial charge in [-0.1, -0.05) is 17.7 Å². The Kier molecular flexibility index (Phi) is 3.86. The van der Waals surface area contributed by atoms with Crippen molar-refractivity contribution in [3.8, 4) is 17.2 Å². The summed E-state index contributed by atoms with van der Waals surface area (Å²) in [6.07, 6.45) is 0. The summed E-state index contributed by atoms with van der Waals surface area (Å²) in [5.41, 5.74) is 8.32. The van der Waals surface area contributed by atoms with E-state index in [0.29, 0.717) is 28.0 Å². The zero-order valence-corrected chi connectivity index (χ0v) is 11.9. The van der Waals surface area contributed by atoms with Gasteiger partial charge in [-0.25, -0.2) is 0 Å². The number of halogens is 1. The summed E-state index contributed by atoms with van der Waals surface area (Å²) in [6, 6.07) is 9.26. The minimum absolute atomic E-state index is 0.478. The summed E-state index contributed by atoms with van der Waals surface area (Å²) in [5, 5.41) is 0.478. The first-order valence-corrected chi connectivity index (χ1v) is 6.27. The first kappa shape index (κ1) is 13.6. The third-order valence-corrected chi connectivity index (χ3v) is 3.16. The largest absolute Gasteiger partial charge is 0.493 e. The molecule has 0 aromatic heterocycles. The number of hydrogen-bond acceptors (Lipinski definition) is 3. The Morgan fingerprint density at radius 2 is 1.74 bits per heavy atom. The van der Waals surface area contributed by atoms with Crippen LogP contribution >= 0.6 is 11.6 Å². The predicted octanol–water partition coefficient (Wildman–Crippen LogP) is 4.34.